The van der Waals surface area contributed by atoms with Gasteiger partial charge in [0.25, 0.3) is 0 Å². The Hall–Kier alpha value is -1.31. The van der Waals surface area contributed by atoms with Gasteiger partial charge in [-0.3, -0.25) is 4.79 Å². The van der Waals surface area contributed by atoms with Gasteiger partial charge in [-0.1, -0.05) is 128 Å². The Bertz CT molecular complexity index is 509. The number of rotatable bonds is 19. The first-order valence-electron chi connectivity index (χ1n) is 12.5. The SMILES string of the molecule is CCCCCCCCCCCCCCCCCC(=O)OCc1cccc(CC)c1. The van der Waals surface area contributed by atoms with Crippen molar-refractivity contribution in [1.29, 1.82) is 0 Å². The third-order valence-electron chi connectivity index (χ3n) is 5.78. The number of carbonyl (C=O) groups excluding carboxylic acids is 1. The molecule has 0 aliphatic rings. The fourth-order valence-electron chi connectivity index (χ4n) is 3.82. The van der Waals surface area contributed by atoms with Crippen LogP contribution in [0.2, 0.25) is 0 Å². The molecule has 0 fully saturated rings. The van der Waals surface area contributed by atoms with Gasteiger partial charge in [0.2, 0.25) is 0 Å². The molecular formula is C27H46O2. The van der Waals surface area contributed by atoms with Crippen molar-refractivity contribution in [3.8, 4) is 0 Å². The number of hydrogen-bond donors (Lipinski definition) is 0. The lowest BCUT2D eigenvalue weighted by Gasteiger charge is -2.06. The summed E-state index contributed by atoms with van der Waals surface area (Å²) in [7, 11) is 0. The Morgan fingerprint density at radius 1 is 0.690 bits per heavy atom. The van der Waals surface area contributed by atoms with Crippen LogP contribution in [0.25, 0.3) is 0 Å². The molecule has 0 aliphatic heterocycles. The van der Waals surface area contributed by atoms with Crippen molar-refractivity contribution in [2.24, 2.45) is 0 Å². The molecule has 0 spiro atoms. The molecule has 0 atom stereocenters. The molecule has 0 bridgehead atoms. The monoisotopic (exact) mass is 402 g/mol. The van der Waals surface area contributed by atoms with Crippen LogP contribution in [0.15, 0.2) is 24.3 Å². The lowest BCUT2D eigenvalue weighted by Crippen LogP contribution is -2.04. The fourth-order valence-corrected chi connectivity index (χ4v) is 3.82. The number of ether oxygens (including phenoxy) is 1. The smallest absolute Gasteiger partial charge is 0.306 e. The highest BCUT2D eigenvalue weighted by Gasteiger charge is 2.04. The highest BCUT2D eigenvalue weighted by molar-refractivity contribution is 5.69. The average molecular weight is 403 g/mol. The van der Waals surface area contributed by atoms with Crippen LogP contribution >= 0.6 is 0 Å². The number of esters is 1. The fraction of sp³-hybridized carbons (Fsp3) is 0.741. The molecule has 0 heterocycles. The minimum Gasteiger partial charge on any atom is -0.461 e. The van der Waals surface area contributed by atoms with Crippen LogP contribution < -0.4 is 0 Å². The second-order valence-corrected chi connectivity index (χ2v) is 8.53. The molecule has 0 saturated heterocycles. The normalized spacial score (nSPS) is 11.0. The first kappa shape index (κ1) is 25.7. The second-order valence-electron chi connectivity index (χ2n) is 8.53. The van der Waals surface area contributed by atoms with Gasteiger partial charge in [-0.2, -0.15) is 0 Å². The van der Waals surface area contributed by atoms with E-state index in [0.717, 1.165) is 24.8 Å². The van der Waals surface area contributed by atoms with Crippen molar-refractivity contribution < 1.29 is 9.53 Å². The number of aryl methyl sites for hydroxylation is 1. The maximum absolute atomic E-state index is 11.9. The molecule has 0 aromatic heterocycles. The minimum absolute atomic E-state index is 0.0541. The van der Waals surface area contributed by atoms with E-state index < -0.39 is 0 Å². The van der Waals surface area contributed by atoms with E-state index in [1.54, 1.807) is 0 Å². The minimum atomic E-state index is -0.0541. The standard InChI is InChI=1S/C27H46O2/c1-3-5-6-7-8-9-10-11-12-13-14-15-16-17-18-22-27(28)29-24-26-21-19-20-25(4-2)23-26/h19-21,23H,3-18,22,24H2,1-2H3. The van der Waals surface area contributed by atoms with Gasteiger partial charge in [0.05, 0.1) is 0 Å². The van der Waals surface area contributed by atoms with Crippen LogP contribution in [-0.4, -0.2) is 5.97 Å². The van der Waals surface area contributed by atoms with Crippen molar-refractivity contribution in [2.45, 2.75) is 130 Å². The zero-order valence-electron chi connectivity index (χ0n) is 19.4. The molecule has 0 unspecified atom stereocenters. The summed E-state index contributed by atoms with van der Waals surface area (Å²) in [5.74, 6) is -0.0541. The van der Waals surface area contributed by atoms with Crippen molar-refractivity contribution >= 4 is 5.97 Å². The molecular weight excluding hydrogens is 356 g/mol. The van der Waals surface area contributed by atoms with Crippen molar-refractivity contribution in [2.75, 3.05) is 0 Å². The molecule has 1 rings (SSSR count). The molecule has 29 heavy (non-hydrogen) atoms. The Morgan fingerprint density at radius 2 is 1.17 bits per heavy atom. The van der Waals surface area contributed by atoms with Gasteiger partial charge >= 0.3 is 5.97 Å². The molecule has 1 aromatic carbocycles. The van der Waals surface area contributed by atoms with Crippen LogP contribution in [0.3, 0.4) is 0 Å². The van der Waals surface area contributed by atoms with Crippen LogP contribution in [-0.2, 0) is 22.6 Å². The van der Waals surface area contributed by atoms with E-state index in [-0.39, 0.29) is 5.97 Å². The summed E-state index contributed by atoms with van der Waals surface area (Å²) in [4.78, 5) is 11.9. The van der Waals surface area contributed by atoms with Gasteiger partial charge in [0, 0.05) is 6.42 Å². The number of carbonyl (C=O) groups is 1. The molecule has 0 radical (unpaired) electrons. The van der Waals surface area contributed by atoms with Gasteiger partial charge in [0.1, 0.15) is 6.61 Å². The molecule has 2 nitrogen and oxygen atoms in total. The van der Waals surface area contributed by atoms with Crippen LogP contribution in [0, 0.1) is 0 Å². The Balaban J connectivity index is 1.84. The largest absolute Gasteiger partial charge is 0.461 e. The quantitative estimate of drug-likeness (QED) is 0.171. The Morgan fingerprint density at radius 3 is 1.69 bits per heavy atom. The zero-order valence-corrected chi connectivity index (χ0v) is 19.4. The third kappa shape index (κ3) is 15.2. The average Bonchev–Trinajstić information content (AvgIpc) is 2.75. The van der Waals surface area contributed by atoms with E-state index >= 15 is 0 Å². The van der Waals surface area contributed by atoms with Gasteiger partial charge in [-0.15, -0.1) is 0 Å². The molecule has 0 aliphatic carbocycles. The molecule has 1 aromatic rings. The zero-order chi connectivity index (χ0) is 21.0. The third-order valence-corrected chi connectivity index (χ3v) is 5.78. The predicted molar refractivity (Wildman–Crippen MR) is 125 cm³/mol. The summed E-state index contributed by atoms with van der Waals surface area (Å²) in [6.45, 7) is 4.83. The molecule has 0 saturated carbocycles. The van der Waals surface area contributed by atoms with E-state index in [4.69, 9.17) is 4.74 Å². The van der Waals surface area contributed by atoms with Crippen LogP contribution in [0.5, 0.6) is 0 Å². The summed E-state index contributed by atoms with van der Waals surface area (Å²) < 4.78 is 5.41. The predicted octanol–water partition coefficient (Wildman–Crippen LogP) is 8.55. The maximum Gasteiger partial charge on any atom is 0.306 e. The Labute approximate surface area is 180 Å². The molecule has 0 amide bonds. The van der Waals surface area contributed by atoms with E-state index in [1.807, 2.05) is 12.1 Å². The first-order valence-corrected chi connectivity index (χ1v) is 12.5. The van der Waals surface area contributed by atoms with E-state index in [1.165, 1.54) is 89.0 Å². The summed E-state index contributed by atoms with van der Waals surface area (Å²) in [5.41, 5.74) is 2.38. The molecule has 0 N–H and O–H groups in total. The second kappa shape index (κ2) is 18.7. The van der Waals surface area contributed by atoms with E-state index in [2.05, 4.69) is 26.0 Å². The van der Waals surface area contributed by atoms with E-state index in [9.17, 15) is 4.79 Å². The molecule has 2 heteroatoms. The summed E-state index contributed by atoms with van der Waals surface area (Å²) in [5, 5.41) is 0. The topological polar surface area (TPSA) is 26.3 Å². The van der Waals surface area contributed by atoms with Crippen LogP contribution in [0.1, 0.15) is 128 Å². The highest BCUT2D eigenvalue weighted by Crippen LogP contribution is 2.14. The lowest BCUT2D eigenvalue weighted by atomic mass is 10.0. The summed E-state index contributed by atoms with van der Waals surface area (Å²) >= 11 is 0. The van der Waals surface area contributed by atoms with Gasteiger partial charge in [0.15, 0.2) is 0 Å². The van der Waals surface area contributed by atoms with Crippen LogP contribution in [0.4, 0.5) is 0 Å². The number of unbranched alkanes of at least 4 members (excludes halogenated alkanes) is 14. The van der Waals surface area contributed by atoms with Gasteiger partial charge in [-0.25, -0.2) is 0 Å². The van der Waals surface area contributed by atoms with Gasteiger partial charge < -0.3 is 4.74 Å². The van der Waals surface area contributed by atoms with Crippen molar-refractivity contribution in [3.05, 3.63) is 35.4 Å². The first-order chi connectivity index (χ1) is 14.3. The Kier molecular flexibility index (Phi) is 16.6. The summed E-state index contributed by atoms with van der Waals surface area (Å²) in [6, 6.07) is 8.30. The van der Waals surface area contributed by atoms with Crippen molar-refractivity contribution in [1.82, 2.24) is 0 Å². The lowest BCUT2D eigenvalue weighted by molar-refractivity contribution is -0.145. The molecule has 166 valence electrons. The van der Waals surface area contributed by atoms with Crippen molar-refractivity contribution in [3.63, 3.8) is 0 Å². The number of benzene rings is 1. The van der Waals surface area contributed by atoms with Gasteiger partial charge in [-0.05, 0) is 24.0 Å². The highest BCUT2D eigenvalue weighted by atomic mass is 16.5. The maximum atomic E-state index is 11.9. The van der Waals surface area contributed by atoms with E-state index in [0.29, 0.717) is 13.0 Å². The summed E-state index contributed by atoms with van der Waals surface area (Å²) in [6.07, 6.45) is 21.7. The number of hydrogen-bond acceptors (Lipinski definition) is 2.